The van der Waals surface area contributed by atoms with E-state index in [2.05, 4.69) is 5.32 Å². The lowest BCUT2D eigenvalue weighted by Gasteiger charge is -2.11. The summed E-state index contributed by atoms with van der Waals surface area (Å²) in [7, 11) is 0. The summed E-state index contributed by atoms with van der Waals surface area (Å²) in [6, 6.07) is -1.16. The van der Waals surface area contributed by atoms with Crippen molar-refractivity contribution in [2.24, 2.45) is 0 Å². The van der Waals surface area contributed by atoms with E-state index in [1.807, 2.05) is 10.6 Å². The van der Waals surface area contributed by atoms with Crippen molar-refractivity contribution in [1.82, 2.24) is 21.3 Å². The van der Waals surface area contributed by atoms with Crippen molar-refractivity contribution in [3.8, 4) is 0 Å². The van der Waals surface area contributed by atoms with Crippen LogP contribution in [0.1, 0.15) is 6.92 Å². The molecule has 0 saturated heterocycles. The normalized spacial score (nSPS) is 11.8. The number of carboxylic acid groups (broad SMARTS) is 1. The Morgan fingerprint density at radius 1 is 0.875 bits per heavy atom. The molecule has 0 heterocycles. The van der Waals surface area contributed by atoms with Crippen LogP contribution in [0.2, 0.25) is 0 Å². The van der Waals surface area contributed by atoms with Crippen LogP contribution < -0.4 is 21.3 Å². The lowest BCUT2D eigenvalue weighted by Crippen LogP contribution is -2.47. The van der Waals surface area contributed by atoms with Gasteiger partial charge in [0, 0.05) is 0 Å². The first-order valence-corrected chi connectivity index (χ1v) is 6.34. The van der Waals surface area contributed by atoms with E-state index in [9.17, 15) is 37.1 Å². The van der Waals surface area contributed by atoms with Gasteiger partial charge in [-0.15, -0.1) is 0 Å². The minimum Gasteiger partial charge on any atom is -0.480 e. The number of aliphatic carboxylic acids is 1. The maximum atomic E-state index is 11.8. The van der Waals surface area contributed by atoms with Gasteiger partial charge >= 0.3 is 18.1 Å². The molecule has 0 unspecified atom stereocenters. The van der Waals surface area contributed by atoms with Gasteiger partial charge in [0.05, 0.1) is 19.6 Å². The molecular weight excluding hydrogens is 341 g/mol. The van der Waals surface area contributed by atoms with E-state index in [1.165, 1.54) is 12.2 Å². The van der Waals surface area contributed by atoms with Crippen LogP contribution in [-0.2, 0) is 24.0 Å². The highest BCUT2D eigenvalue weighted by atomic mass is 19.4. The van der Waals surface area contributed by atoms with Crippen molar-refractivity contribution in [1.29, 1.82) is 0 Å². The third kappa shape index (κ3) is 9.22. The van der Waals surface area contributed by atoms with Gasteiger partial charge in [-0.05, 0) is 6.92 Å². The summed E-state index contributed by atoms with van der Waals surface area (Å²) in [6.07, 6.45) is -5.13. The van der Waals surface area contributed by atoms with E-state index >= 15 is 0 Å². The molecule has 10 nitrogen and oxygen atoms in total. The molecule has 0 aromatic heterocycles. The van der Waals surface area contributed by atoms with Gasteiger partial charge in [0.2, 0.25) is 17.7 Å². The zero-order chi connectivity index (χ0) is 18.9. The van der Waals surface area contributed by atoms with E-state index in [0.29, 0.717) is 0 Å². The fourth-order valence-electron chi connectivity index (χ4n) is 1.10. The molecule has 0 fully saturated rings. The third-order valence-corrected chi connectivity index (χ3v) is 2.31. The van der Waals surface area contributed by atoms with Crippen LogP contribution >= 0.6 is 0 Å². The maximum Gasteiger partial charge on any atom is 0.471 e. The fourth-order valence-corrected chi connectivity index (χ4v) is 1.10. The molecule has 0 aliphatic heterocycles. The van der Waals surface area contributed by atoms with Crippen LogP contribution in [0.3, 0.4) is 0 Å². The number of alkyl halides is 3. The van der Waals surface area contributed by atoms with Gasteiger partial charge in [0.15, 0.2) is 0 Å². The van der Waals surface area contributed by atoms with Crippen LogP contribution in [0.25, 0.3) is 0 Å². The monoisotopic (exact) mass is 356 g/mol. The number of rotatable bonds is 8. The summed E-state index contributed by atoms with van der Waals surface area (Å²) < 4.78 is 35.5. The van der Waals surface area contributed by atoms with Crippen molar-refractivity contribution in [2.75, 3.05) is 19.6 Å². The molecule has 0 aromatic carbocycles. The molecule has 0 aliphatic carbocycles. The lowest BCUT2D eigenvalue weighted by molar-refractivity contribution is -0.173. The molecule has 0 rings (SSSR count). The van der Waals surface area contributed by atoms with E-state index in [0.717, 1.165) is 0 Å². The van der Waals surface area contributed by atoms with Gasteiger partial charge in [0.25, 0.3) is 0 Å². The molecule has 0 radical (unpaired) electrons. The van der Waals surface area contributed by atoms with E-state index < -0.39 is 61.5 Å². The largest absolute Gasteiger partial charge is 0.480 e. The number of carboxylic acids is 1. The molecule has 136 valence electrons. The summed E-state index contributed by atoms with van der Waals surface area (Å²) in [5, 5.41) is 15.9. The number of nitrogens with one attached hydrogen (secondary N) is 4. The summed E-state index contributed by atoms with van der Waals surface area (Å²) in [6.45, 7) is -0.987. The van der Waals surface area contributed by atoms with Gasteiger partial charge < -0.3 is 26.4 Å². The van der Waals surface area contributed by atoms with Crippen molar-refractivity contribution >= 4 is 29.6 Å². The Labute approximate surface area is 133 Å². The minimum absolute atomic E-state index is 0.558. The number of hydrogen-bond acceptors (Lipinski definition) is 5. The Morgan fingerprint density at radius 2 is 1.29 bits per heavy atom. The molecule has 0 saturated carbocycles. The highest BCUT2D eigenvalue weighted by Crippen LogP contribution is 2.13. The Hall–Kier alpha value is -2.86. The van der Waals surface area contributed by atoms with Gasteiger partial charge in [-0.1, -0.05) is 0 Å². The van der Waals surface area contributed by atoms with Gasteiger partial charge in [-0.2, -0.15) is 13.2 Å². The second-order valence-corrected chi connectivity index (χ2v) is 4.36. The SMILES string of the molecule is C[C@H](NC(=O)CNC(=O)CNC(=O)CNC(=O)C(F)(F)F)C(=O)O. The molecule has 5 N–H and O–H groups in total. The minimum atomic E-state index is -5.13. The standard InChI is InChI=1S/C11H15F3N4O6/c1-5(9(22)23)18-8(21)4-16-6(19)2-15-7(20)3-17-10(24)11(12,13)14/h5H,2-4H2,1H3,(H,15,20)(H,16,19)(H,17,24)(H,18,21)(H,22,23)/t5-/m0/s1. The lowest BCUT2D eigenvalue weighted by atomic mass is 10.3. The van der Waals surface area contributed by atoms with Crippen molar-refractivity contribution in [3.63, 3.8) is 0 Å². The maximum absolute atomic E-state index is 11.8. The zero-order valence-electron chi connectivity index (χ0n) is 12.3. The quantitative estimate of drug-likeness (QED) is 0.324. The number of halogens is 3. The van der Waals surface area contributed by atoms with E-state index in [-0.39, 0.29) is 0 Å². The average Bonchev–Trinajstić information content (AvgIpc) is 2.47. The summed E-state index contributed by atoms with van der Waals surface area (Å²) in [4.78, 5) is 54.6. The molecule has 4 amide bonds. The second-order valence-electron chi connectivity index (χ2n) is 4.36. The highest BCUT2D eigenvalue weighted by Gasteiger charge is 2.38. The topological polar surface area (TPSA) is 154 Å². The van der Waals surface area contributed by atoms with Crippen LogP contribution in [0.15, 0.2) is 0 Å². The molecule has 0 aliphatic rings. The summed E-state index contributed by atoms with van der Waals surface area (Å²) in [5.41, 5.74) is 0. The average molecular weight is 356 g/mol. The third-order valence-electron chi connectivity index (χ3n) is 2.31. The predicted octanol–water partition coefficient (Wildman–Crippen LogP) is -2.51. The van der Waals surface area contributed by atoms with E-state index in [4.69, 9.17) is 5.11 Å². The Morgan fingerprint density at radius 3 is 1.71 bits per heavy atom. The summed E-state index contributed by atoms with van der Waals surface area (Å²) in [5.74, 6) is -6.26. The Balaban J connectivity index is 3.97. The molecule has 0 aromatic rings. The first-order valence-electron chi connectivity index (χ1n) is 6.34. The molecule has 0 spiro atoms. The highest BCUT2D eigenvalue weighted by molar-refractivity contribution is 5.91. The molecule has 0 bridgehead atoms. The van der Waals surface area contributed by atoms with Crippen LogP contribution in [0, 0.1) is 0 Å². The predicted molar refractivity (Wildman–Crippen MR) is 70.3 cm³/mol. The molecule has 24 heavy (non-hydrogen) atoms. The molecule has 13 heteroatoms. The van der Waals surface area contributed by atoms with Gasteiger partial charge in [0.1, 0.15) is 6.04 Å². The van der Waals surface area contributed by atoms with Gasteiger partial charge in [-0.3, -0.25) is 24.0 Å². The van der Waals surface area contributed by atoms with Crippen LogP contribution in [0.5, 0.6) is 0 Å². The number of amides is 4. The van der Waals surface area contributed by atoms with E-state index in [1.54, 1.807) is 0 Å². The second kappa shape index (κ2) is 9.32. The fraction of sp³-hybridized carbons (Fsp3) is 0.545. The van der Waals surface area contributed by atoms with Crippen LogP contribution in [-0.4, -0.2) is 66.6 Å². The van der Waals surface area contributed by atoms with Crippen molar-refractivity contribution in [2.45, 2.75) is 19.1 Å². The first kappa shape index (κ1) is 21.1. The number of carbonyl (C=O) groups is 5. The molecule has 1 atom stereocenters. The zero-order valence-corrected chi connectivity index (χ0v) is 12.3. The Bertz CT molecular complexity index is 522. The number of hydrogen-bond donors (Lipinski definition) is 5. The first-order chi connectivity index (χ1) is 10.9. The summed E-state index contributed by atoms with van der Waals surface area (Å²) >= 11 is 0. The van der Waals surface area contributed by atoms with Crippen molar-refractivity contribution < 1.29 is 42.3 Å². The van der Waals surface area contributed by atoms with Gasteiger partial charge in [-0.25, -0.2) is 0 Å². The smallest absolute Gasteiger partial charge is 0.471 e. The molecular formula is C11H15F3N4O6. The number of carbonyl (C=O) groups excluding carboxylic acids is 4. The van der Waals surface area contributed by atoms with Crippen molar-refractivity contribution in [3.05, 3.63) is 0 Å². The van der Waals surface area contributed by atoms with Crippen LogP contribution in [0.4, 0.5) is 13.2 Å². The Kier molecular flexibility index (Phi) is 8.21.